The number of amides is 1. The number of alkyl halides is 3. The second-order valence-corrected chi connectivity index (χ2v) is 4.65. The van der Waals surface area contributed by atoms with Gasteiger partial charge in [-0.25, -0.2) is 0 Å². The third kappa shape index (κ3) is 4.64. The van der Waals surface area contributed by atoms with Crippen LogP contribution in [0.3, 0.4) is 0 Å². The molecule has 0 aliphatic carbocycles. The van der Waals surface area contributed by atoms with Crippen LogP contribution in [0.1, 0.15) is 10.6 Å². The van der Waals surface area contributed by atoms with Gasteiger partial charge in [0, 0.05) is 17.0 Å². The normalized spacial score (nSPS) is 11.8. The maximum atomic E-state index is 11.8. The van der Waals surface area contributed by atoms with Crippen molar-refractivity contribution in [1.82, 2.24) is 5.32 Å². The first-order valence-corrected chi connectivity index (χ1v) is 6.35. The zero-order valence-corrected chi connectivity index (χ0v) is 11.4. The second-order valence-electron chi connectivity index (χ2n) is 4.22. The van der Waals surface area contributed by atoms with E-state index >= 15 is 0 Å². The molecule has 2 rings (SSSR count). The molecule has 0 fully saturated rings. The smallest absolute Gasteiger partial charge is 0.411 e. The van der Waals surface area contributed by atoms with E-state index in [2.05, 4.69) is 10.1 Å². The first-order chi connectivity index (χ1) is 9.85. The first-order valence-electron chi connectivity index (χ1n) is 5.97. The van der Waals surface area contributed by atoms with Crippen molar-refractivity contribution in [3.8, 4) is 0 Å². The maximum Gasteiger partial charge on any atom is 0.411 e. The maximum absolute atomic E-state index is 11.8. The summed E-state index contributed by atoms with van der Waals surface area (Å²) in [5.74, 6) is -0.471. The summed E-state index contributed by atoms with van der Waals surface area (Å²) in [6, 6.07) is 6.40. The molecule has 0 saturated heterocycles. The number of halogens is 4. The van der Waals surface area contributed by atoms with Crippen molar-refractivity contribution in [2.24, 2.45) is 0 Å². The van der Waals surface area contributed by atoms with E-state index in [9.17, 15) is 18.0 Å². The zero-order chi connectivity index (χ0) is 15.5. The molecule has 1 aromatic carbocycles. The van der Waals surface area contributed by atoms with Crippen LogP contribution in [0.15, 0.2) is 28.7 Å². The van der Waals surface area contributed by atoms with Crippen LogP contribution in [0.2, 0.25) is 5.02 Å². The van der Waals surface area contributed by atoms with Gasteiger partial charge in [0.2, 0.25) is 0 Å². The first kappa shape index (κ1) is 15.7. The molecule has 0 radical (unpaired) electrons. The van der Waals surface area contributed by atoms with E-state index in [1.54, 1.807) is 18.2 Å². The van der Waals surface area contributed by atoms with Crippen molar-refractivity contribution in [2.45, 2.75) is 6.18 Å². The lowest BCUT2D eigenvalue weighted by Crippen LogP contribution is -2.28. The van der Waals surface area contributed by atoms with E-state index in [0.717, 1.165) is 0 Å². The summed E-state index contributed by atoms with van der Waals surface area (Å²) >= 11 is 5.81. The number of carbonyl (C=O) groups excluding carboxylic acids is 1. The van der Waals surface area contributed by atoms with Gasteiger partial charge in [0.05, 0.1) is 6.61 Å². The Labute approximate surface area is 122 Å². The molecule has 0 aliphatic rings. The van der Waals surface area contributed by atoms with E-state index in [1.807, 2.05) is 0 Å². The summed E-state index contributed by atoms with van der Waals surface area (Å²) in [5.41, 5.74) is 0.498. The molecule has 1 amide bonds. The second kappa shape index (κ2) is 6.36. The molecular weight excluding hydrogens is 311 g/mol. The number of carbonyl (C=O) groups is 1. The van der Waals surface area contributed by atoms with Crippen LogP contribution in [0.25, 0.3) is 11.0 Å². The summed E-state index contributed by atoms with van der Waals surface area (Å²) in [7, 11) is 0. The van der Waals surface area contributed by atoms with Gasteiger partial charge in [-0.2, -0.15) is 13.2 Å². The highest BCUT2D eigenvalue weighted by Crippen LogP contribution is 2.22. The van der Waals surface area contributed by atoms with Gasteiger partial charge in [0.25, 0.3) is 5.91 Å². The Morgan fingerprint density at radius 2 is 2.10 bits per heavy atom. The molecule has 2 aromatic rings. The fraction of sp³-hybridized carbons (Fsp3) is 0.308. The summed E-state index contributed by atoms with van der Waals surface area (Å²) in [6.45, 7) is -1.63. The van der Waals surface area contributed by atoms with Crippen molar-refractivity contribution in [1.29, 1.82) is 0 Å². The highest BCUT2D eigenvalue weighted by Gasteiger charge is 2.27. The van der Waals surface area contributed by atoms with Crippen LogP contribution < -0.4 is 5.32 Å². The molecule has 114 valence electrons. The van der Waals surface area contributed by atoms with Gasteiger partial charge in [0.15, 0.2) is 5.76 Å². The number of fused-ring (bicyclic) bond motifs is 1. The third-order valence-corrected chi connectivity index (χ3v) is 2.73. The van der Waals surface area contributed by atoms with Crippen molar-refractivity contribution in [3.63, 3.8) is 0 Å². The van der Waals surface area contributed by atoms with Gasteiger partial charge in [0.1, 0.15) is 12.2 Å². The van der Waals surface area contributed by atoms with Crippen LogP contribution >= 0.6 is 11.6 Å². The van der Waals surface area contributed by atoms with Gasteiger partial charge < -0.3 is 14.5 Å². The lowest BCUT2D eigenvalue weighted by molar-refractivity contribution is -0.173. The van der Waals surface area contributed by atoms with E-state index < -0.39 is 18.7 Å². The number of benzene rings is 1. The molecule has 1 N–H and O–H groups in total. The van der Waals surface area contributed by atoms with Gasteiger partial charge >= 0.3 is 6.18 Å². The van der Waals surface area contributed by atoms with Gasteiger partial charge in [-0.15, -0.1) is 0 Å². The Kier molecular flexibility index (Phi) is 4.74. The lowest BCUT2D eigenvalue weighted by Gasteiger charge is -2.07. The van der Waals surface area contributed by atoms with Gasteiger partial charge in [-0.3, -0.25) is 4.79 Å². The van der Waals surface area contributed by atoms with Crippen molar-refractivity contribution in [3.05, 3.63) is 35.0 Å². The highest BCUT2D eigenvalue weighted by molar-refractivity contribution is 6.31. The topological polar surface area (TPSA) is 51.5 Å². The van der Waals surface area contributed by atoms with E-state index in [-0.39, 0.29) is 18.9 Å². The lowest BCUT2D eigenvalue weighted by atomic mass is 10.2. The number of rotatable bonds is 5. The molecule has 21 heavy (non-hydrogen) atoms. The van der Waals surface area contributed by atoms with Crippen molar-refractivity contribution >= 4 is 28.5 Å². The van der Waals surface area contributed by atoms with E-state index in [0.29, 0.717) is 16.0 Å². The molecule has 0 bridgehead atoms. The molecule has 0 unspecified atom stereocenters. The Hall–Kier alpha value is -1.73. The van der Waals surface area contributed by atoms with Gasteiger partial charge in [-0.05, 0) is 24.3 Å². The van der Waals surface area contributed by atoms with Gasteiger partial charge in [-0.1, -0.05) is 11.6 Å². The number of ether oxygens (including phenoxy) is 1. The third-order valence-electron chi connectivity index (χ3n) is 2.50. The monoisotopic (exact) mass is 321 g/mol. The minimum absolute atomic E-state index is 0.0489. The Balaban J connectivity index is 1.85. The molecule has 4 nitrogen and oxygen atoms in total. The summed E-state index contributed by atoms with van der Waals surface area (Å²) in [4.78, 5) is 11.7. The molecule has 0 saturated carbocycles. The zero-order valence-electron chi connectivity index (χ0n) is 10.7. The molecular formula is C13H11ClF3NO3. The SMILES string of the molecule is O=C(NCCOCC(F)(F)F)c1cc2cc(Cl)ccc2o1. The summed E-state index contributed by atoms with van der Waals surface area (Å²) in [5, 5.41) is 3.58. The molecule has 0 atom stereocenters. The van der Waals surface area contributed by atoms with Crippen LogP contribution in [0.4, 0.5) is 13.2 Å². The number of hydrogen-bond acceptors (Lipinski definition) is 3. The predicted molar refractivity (Wildman–Crippen MR) is 70.4 cm³/mol. The molecule has 0 spiro atoms. The molecule has 8 heteroatoms. The number of furan rings is 1. The van der Waals surface area contributed by atoms with E-state index in [4.69, 9.17) is 16.0 Å². The predicted octanol–water partition coefficient (Wildman–Crippen LogP) is 3.39. The fourth-order valence-electron chi connectivity index (χ4n) is 1.64. The van der Waals surface area contributed by atoms with Crippen LogP contribution in [-0.4, -0.2) is 31.8 Å². The van der Waals surface area contributed by atoms with Crippen LogP contribution in [-0.2, 0) is 4.74 Å². The quantitative estimate of drug-likeness (QED) is 0.859. The fourth-order valence-corrected chi connectivity index (χ4v) is 1.82. The van der Waals surface area contributed by atoms with Crippen molar-refractivity contribution < 1.29 is 27.1 Å². The Bertz CT molecular complexity index is 639. The molecule has 0 aliphatic heterocycles. The summed E-state index contributed by atoms with van der Waals surface area (Å²) < 4.78 is 45.1. The largest absolute Gasteiger partial charge is 0.451 e. The molecule has 1 aromatic heterocycles. The molecule has 1 heterocycles. The minimum atomic E-state index is -4.37. The van der Waals surface area contributed by atoms with Crippen molar-refractivity contribution in [2.75, 3.05) is 19.8 Å². The van der Waals surface area contributed by atoms with Crippen LogP contribution in [0, 0.1) is 0 Å². The Morgan fingerprint density at radius 1 is 1.33 bits per heavy atom. The standard InChI is InChI=1S/C13H11ClF3NO3/c14-9-1-2-10-8(5-9)6-11(21-10)12(19)18-3-4-20-7-13(15,16)17/h1-2,5-6H,3-4,7H2,(H,18,19). The highest BCUT2D eigenvalue weighted by atomic mass is 35.5. The average Bonchev–Trinajstić information content (AvgIpc) is 2.79. The average molecular weight is 322 g/mol. The summed E-state index contributed by atoms with van der Waals surface area (Å²) in [6.07, 6.45) is -4.37. The Morgan fingerprint density at radius 3 is 2.81 bits per heavy atom. The van der Waals surface area contributed by atoms with E-state index in [1.165, 1.54) is 6.07 Å². The number of hydrogen-bond donors (Lipinski definition) is 1. The number of nitrogens with one attached hydrogen (secondary N) is 1. The minimum Gasteiger partial charge on any atom is -0.451 e. The van der Waals surface area contributed by atoms with Crippen LogP contribution in [0.5, 0.6) is 0 Å².